The lowest BCUT2D eigenvalue weighted by Gasteiger charge is -2.21. The van der Waals surface area contributed by atoms with Crippen LogP contribution in [-0.2, 0) is 6.54 Å². The molecule has 1 rings (SSSR count). The van der Waals surface area contributed by atoms with Crippen molar-refractivity contribution in [1.82, 2.24) is 9.88 Å². The minimum Gasteiger partial charge on any atom is -0.481 e. The van der Waals surface area contributed by atoms with Crippen LogP contribution in [0.1, 0.15) is 18.9 Å². The molecular weight excluding hydrogens is 268 g/mol. The number of pyridine rings is 1. The lowest BCUT2D eigenvalue weighted by Crippen LogP contribution is -2.26. The fraction of sp³-hybridized carbons (Fsp3) is 0.583. The summed E-state index contributed by atoms with van der Waals surface area (Å²) >= 11 is 3.48. The maximum atomic E-state index is 5.25. The normalized spacial score (nSPS) is 10.8. The largest absolute Gasteiger partial charge is 0.481 e. The third-order valence-corrected chi connectivity index (χ3v) is 2.73. The van der Waals surface area contributed by atoms with E-state index in [1.165, 1.54) is 0 Å². The van der Waals surface area contributed by atoms with Crippen LogP contribution < -0.4 is 4.74 Å². The predicted octanol–water partition coefficient (Wildman–Crippen LogP) is 2.70. The van der Waals surface area contributed by atoms with Gasteiger partial charge in [0.25, 0.3) is 0 Å². The molecule has 0 aliphatic rings. The van der Waals surface area contributed by atoms with Gasteiger partial charge in [-0.3, -0.25) is 4.90 Å². The SMILES string of the molecule is CCCN(CCBr)Cc1cccnc1OC. The van der Waals surface area contributed by atoms with Crippen LogP contribution in [0.3, 0.4) is 0 Å². The molecule has 3 nitrogen and oxygen atoms in total. The molecule has 0 unspecified atom stereocenters. The van der Waals surface area contributed by atoms with Crippen molar-refractivity contribution < 1.29 is 4.74 Å². The standard InChI is InChI=1S/C12H19BrN2O/c1-3-8-15(9-6-13)10-11-5-4-7-14-12(11)16-2/h4-5,7H,3,6,8-10H2,1-2H3. The van der Waals surface area contributed by atoms with Crippen molar-refractivity contribution in [1.29, 1.82) is 0 Å². The van der Waals surface area contributed by atoms with Crippen LogP contribution in [-0.4, -0.2) is 35.4 Å². The van der Waals surface area contributed by atoms with Crippen LogP contribution in [0.25, 0.3) is 0 Å². The summed E-state index contributed by atoms with van der Waals surface area (Å²) in [4.78, 5) is 6.61. The molecule has 0 saturated carbocycles. The second kappa shape index (κ2) is 7.63. The highest BCUT2D eigenvalue weighted by Gasteiger charge is 2.08. The second-order valence-electron chi connectivity index (χ2n) is 3.64. The second-order valence-corrected chi connectivity index (χ2v) is 4.43. The topological polar surface area (TPSA) is 25.4 Å². The van der Waals surface area contributed by atoms with Gasteiger partial charge < -0.3 is 4.74 Å². The maximum Gasteiger partial charge on any atom is 0.217 e. The minimum atomic E-state index is 0.734. The Labute approximate surface area is 106 Å². The molecule has 0 atom stereocenters. The highest BCUT2D eigenvalue weighted by atomic mass is 79.9. The number of rotatable bonds is 7. The number of hydrogen-bond acceptors (Lipinski definition) is 3. The Morgan fingerprint density at radius 3 is 2.88 bits per heavy atom. The predicted molar refractivity (Wildman–Crippen MR) is 70.2 cm³/mol. The Hall–Kier alpha value is -0.610. The molecule has 0 aromatic carbocycles. The number of methoxy groups -OCH3 is 1. The Balaban J connectivity index is 2.67. The fourth-order valence-electron chi connectivity index (χ4n) is 1.67. The van der Waals surface area contributed by atoms with Crippen molar-refractivity contribution >= 4 is 15.9 Å². The lowest BCUT2D eigenvalue weighted by atomic mass is 10.2. The first-order valence-electron chi connectivity index (χ1n) is 5.58. The lowest BCUT2D eigenvalue weighted by molar-refractivity contribution is 0.276. The van der Waals surface area contributed by atoms with Crippen molar-refractivity contribution in [2.75, 3.05) is 25.5 Å². The summed E-state index contributed by atoms with van der Waals surface area (Å²) in [5, 5.41) is 0.996. The molecular formula is C12H19BrN2O. The van der Waals surface area contributed by atoms with Gasteiger partial charge in [-0.2, -0.15) is 0 Å². The summed E-state index contributed by atoms with van der Waals surface area (Å²) in [7, 11) is 1.67. The Morgan fingerprint density at radius 1 is 1.44 bits per heavy atom. The Morgan fingerprint density at radius 2 is 2.25 bits per heavy atom. The quantitative estimate of drug-likeness (QED) is 0.721. The summed E-state index contributed by atoms with van der Waals surface area (Å²) in [6.07, 6.45) is 2.92. The van der Waals surface area contributed by atoms with E-state index >= 15 is 0 Å². The van der Waals surface area contributed by atoms with Gasteiger partial charge in [-0.25, -0.2) is 4.98 Å². The smallest absolute Gasteiger partial charge is 0.217 e. The molecule has 0 bridgehead atoms. The maximum absolute atomic E-state index is 5.25. The number of ether oxygens (including phenoxy) is 1. The third-order valence-electron chi connectivity index (χ3n) is 2.38. The fourth-order valence-corrected chi connectivity index (χ4v) is 2.18. The third kappa shape index (κ3) is 4.10. The van der Waals surface area contributed by atoms with Gasteiger partial charge in [0.15, 0.2) is 0 Å². The van der Waals surface area contributed by atoms with E-state index in [1.807, 2.05) is 6.07 Å². The van der Waals surface area contributed by atoms with Crippen LogP contribution in [0, 0.1) is 0 Å². The molecule has 90 valence electrons. The van der Waals surface area contributed by atoms with Gasteiger partial charge in [0, 0.05) is 30.2 Å². The van der Waals surface area contributed by atoms with Gasteiger partial charge in [-0.15, -0.1) is 0 Å². The van der Waals surface area contributed by atoms with E-state index in [0.29, 0.717) is 0 Å². The van der Waals surface area contributed by atoms with Gasteiger partial charge in [0.1, 0.15) is 0 Å². The molecule has 0 aliphatic heterocycles. The van der Waals surface area contributed by atoms with Crippen LogP contribution in [0.2, 0.25) is 0 Å². The van der Waals surface area contributed by atoms with E-state index in [4.69, 9.17) is 4.74 Å². The van der Waals surface area contributed by atoms with Gasteiger partial charge >= 0.3 is 0 Å². The van der Waals surface area contributed by atoms with Crippen molar-refractivity contribution in [3.05, 3.63) is 23.9 Å². The number of alkyl halides is 1. The van der Waals surface area contributed by atoms with Crippen molar-refractivity contribution in [2.45, 2.75) is 19.9 Å². The number of aromatic nitrogens is 1. The van der Waals surface area contributed by atoms with Crippen molar-refractivity contribution in [2.24, 2.45) is 0 Å². The Bertz CT molecular complexity index is 301. The summed E-state index contributed by atoms with van der Waals surface area (Å²) < 4.78 is 5.25. The van der Waals surface area contributed by atoms with E-state index < -0.39 is 0 Å². The van der Waals surface area contributed by atoms with Crippen molar-refractivity contribution in [3.63, 3.8) is 0 Å². The molecule has 1 heterocycles. The average Bonchev–Trinajstić information content (AvgIpc) is 2.30. The molecule has 0 amide bonds. The van der Waals surface area contributed by atoms with E-state index in [2.05, 4.69) is 38.8 Å². The summed E-state index contributed by atoms with van der Waals surface area (Å²) in [6.45, 7) is 5.24. The first-order chi connectivity index (χ1) is 7.81. The molecule has 1 aromatic heterocycles. The van der Waals surface area contributed by atoms with Crippen LogP contribution >= 0.6 is 15.9 Å². The first-order valence-corrected chi connectivity index (χ1v) is 6.70. The van der Waals surface area contributed by atoms with Crippen LogP contribution in [0.5, 0.6) is 5.88 Å². The zero-order valence-corrected chi connectivity index (χ0v) is 11.5. The molecule has 4 heteroatoms. The molecule has 0 fully saturated rings. The molecule has 1 aromatic rings. The molecule has 0 radical (unpaired) electrons. The monoisotopic (exact) mass is 286 g/mol. The molecule has 0 spiro atoms. The van der Waals surface area contributed by atoms with Crippen LogP contribution in [0.15, 0.2) is 18.3 Å². The molecule has 0 saturated heterocycles. The number of nitrogens with zero attached hydrogens (tertiary/aromatic N) is 2. The average molecular weight is 287 g/mol. The summed E-state index contributed by atoms with van der Waals surface area (Å²) in [6, 6.07) is 4.03. The van der Waals surface area contributed by atoms with E-state index in [-0.39, 0.29) is 0 Å². The van der Waals surface area contributed by atoms with Gasteiger partial charge in [0.05, 0.1) is 7.11 Å². The van der Waals surface area contributed by atoms with E-state index in [1.54, 1.807) is 13.3 Å². The molecule has 16 heavy (non-hydrogen) atoms. The first kappa shape index (κ1) is 13.5. The highest BCUT2D eigenvalue weighted by Crippen LogP contribution is 2.16. The molecule has 0 aliphatic carbocycles. The number of hydrogen-bond donors (Lipinski definition) is 0. The van der Waals surface area contributed by atoms with E-state index in [0.717, 1.165) is 42.8 Å². The minimum absolute atomic E-state index is 0.734. The summed E-state index contributed by atoms with van der Waals surface area (Å²) in [5.41, 5.74) is 1.15. The van der Waals surface area contributed by atoms with Crippen molar-refractivity contribution in [3.8, 4) is 5.88 Å². The van der Waals surface area contributed by atoms with Gasteiger partial charge in [-0.05, 0) is 19.0 Å². The zero-order chi connectivity index (χ0) is 11.8. The van der Waals surface area contributed by atoms with E-state index in [9.17, 15) is 0 Å². The van der Waals surface area contributed by atoms with Crippen LogP contribution in [0.4, 0.5) is 0 Å². The zero-order valence-electron chi connectivity index (χ0n) is 9.95. The molecule has 0 N–H and O–H groups in total. The number of halogens is 1. The summed E-state index contributed by atoms with van der Waals surface area (Å²) in [5.74, 6) is 0.734. The highest BCUT2D eigenvalue weighted by molar-refractivity contribution is 9.09. The van der Waals surface area contributed by atoms with Gasteiger partial charge in [-0.1, -0.05) is 28.9 Å². The van der Waals surface area contributed by atoms with Gasteiger partial charge in [0.2, 0.25) is 5.88 Å². The Kier molecular flexibility index (Phi) is 6.42.